The minimum absolute atomic E-state index is 0.168. The van der Waals surface area contributed by atoms with Gasteiger partial charge in [-0.1, -0.05) is 25.5 Å². The maximum absolute atomic E-state index is 11.9. The topological polar surface area (TPSA) is 77.8 Å². The first-order valence-electron chi connectivity index (χ1n) is 6.52. The molecule has 1 aliphatic carbocycles. The minimum Gasteiger partial charge on any atom is -0.392 e. The van der Waals surface area contributed by atoms with Crippen molar-refractivity contribution in [1.29, 1.82) is 0 Å². The smallest absolute Gasteiger partial charge is 0.185 e. The second-order valence-corrected chi connectivity index (χ2v) is 4.99. The van der Waals surface area contributed by atoms with E-state index in [0.717, 1.165) is 0 Å². The van der Waals surface area contributed by atoms with Crippen LogP contribution in [0.3, 0.4) is 0 Å². The Morgan fingerprint density at radius 1 is 1.42 bits per heavy atom. The molecular weight excluding hydrogens is 244 g/mol. The number of hydrogen-bond donors (Lipinski definition) is 3. The highest BCUT2D eigenvalue weighted by atomic mass is 16.5. The lowest BCUT2D eigenvalue weighted by Crippen LogP contribution is -2.30. The van der Waals surface area contributed by atoms with Crippen LogP contribution in [0.25, 0.3) is 0 Å². The maximum atomic E-state index is 11.9. The van der Waals surface area contributed by atoms with Crippen LogP contribution in [0.5, 0.6) is 0 Å². The molecule has 3 N–H and O–H groups in total. The van der Waals surface area contributed by atoms with Crippen molar-refractivity contribution in [2.24, 2.45) is 0 Å². The van der Waals surface area contributed by atoms with Gasteiger partial charge in [0.15, 0.2) is 11.6 Å². The summed E-state index contributed by atoms with van der Waals surface area (Å²) in [5.74, 6) is -2.07. The summed E-state index contributed by atoms with van der Waals surface area (Å²) >= 11 is 0. The molecule has 4 nitrogen and oxygen atoms in total. The molecule has 0 aliphatic heterocycles. The first kappa shape index (κ1) is 15.8. The summed E-state index contributed by atoms with van der Waals surface area (Å²) in [6, 6.07) is 0. The van der Waals surface area contributed by atoms with E-state index >= 15 is 0 Å². The highest BCUT2D eigenvalue weighted by Crippen LogP contribution is 2.31. The molecule has 106 valence electrons. The zero-order valence-electron chi connectivity index (χ0n) is 11.6. The number of aliphatic hydroxyl groups excluding tert-OH is 1. The number of ketones is 1. The van der Waals surface area contributed by atoms with Gasteiger partial charge in [0.05, 0.1) is 6.61 Å². The standard InChI is InChI=1S/C15H22O4/c1-4-7-15(18,19)11-5-6-14(17)13(9-16)12(8-11)10(2)3/h8,16,18-19H,2,4-7,9H2,1,3H3. The molecule has 0 saturated heterocycles. The van der Waals surface area contributed by atoms with Crippen LogP contribution in [0.15, 0.2) is 34.9 Å². The summed E-state index contributed by atoms with van der Waals surface area (Å²) in [5.41, 5.74) is 1.85. The van der Waals surface area contributed by atoms with Gasteiger partial charge in [0.1, 0.15) is 0 Å². The lowest BCUT2D eigenvalue weighted by Gasteiger charge is -2.24. The van der Waals surface area contributed by atoms with Crippen molar-refractivity contribution in [2.75, 3.05) is 6.61 Å². The molecule has 0 unspecified atom stereocenters. The lowest BCUT2D eigenvalue weighted by atomic mass is 9.95. The minimum atomic E-state index is -1.90. The highest BCUT2D eigenvalue weighted by molar-refractivity contribution is 5.98. The summed E-state index contributed by atoms with van der Waals surface area (Å²) in [6.45, 7) is 7.02. The lowest BCUT2D eigenvalue weighted by molar-refractivity contribution is -0.135. The van der Waals surface area contributed by atoms with Gasteiger partial charge in [-0.05, 0) is 30.6 Å². The molecule has 1 aliphatic rings. The highest BCUT2D eigenvalue weighted by Gasteiger charge is 2.30. The van der Waals surface area contributed by atoms with Crippen LogP contribution in [0.4, 0.5) is 0 Å². The molecule has 0 amide bonds. The van der Waals surface area contributed by atoms with Crippen LogP contribution in [0.1, 0.15) is 39.5 Å². The van der Waals surface area contributed by atoms with Crippen molar-refractivity contribution in [3.05, 3.63) is 34.9 Å². The van der Waals surface area contributed by atoms with Gasteiger partial charge in [-0.25, -0.2) is 0 Å². The van der Waals surface area contributed by atoms with Crippen molar-refractivity contribution in [2.45, 2.75) is 45.3 Å². The second kappa shape index (κ2) is 6.28. The van der Waals surface area contributed by atoms with Gasteiger partial charge in [-0.3, -0.25) is 4.79 Å². The first-order valence-corrected chi connectivity index (χ1v) is 6.52. The number of hydrogen-bond acceptors (Lipinski definition) is 4. The Hall–Kier alpha value is -1.23. The molecule has 0 heterocycles. The van der Waals surface area contributed by atoms with Crippen molar-refractivity contribution >= 4 is 5.78 Å². The number of rotatable bonds is 5. The van der Waals surface area contributed by atoms with E-state index in [9.17, 15) is 20.1 Å². The fourth-order valence-corrected chi connectivity index (χ4v) is 2.26. The van der Waals surface area contributed by atoms with Gasteiger partial charge in [0, 0.05) is 18.4 Å². The zero-order valence-corrected chi connectivity index (χ0v) is 11.6. The van der Waals surface area contributed by atoms with E-state index < -0.39 is 5.79 Å². The van der Waals surface area contributed by atoms with Gasteiger partial charge in [0.25, 0.3) is 0 Å². The van der Waals surface area contributed by atoms with E-state index in [0.29, 0.717) is 28.7 Å². The van der Waals surface area contributed by atoms with Gasteiger partial charge < -0.3 is 15.3 Å². The van der Waals surface area contributed by atoms with E-state index in [4.69, 9.17) is 0 Å². The Balaban J connectivity index is 3.28. The average molecular weight is 266 g/mol. The SMILES string of the molecule is C=C(C)C1=C(CO)C(=O)CCC(C(O)(O)CCC)=C1. The van der Waals surface area contributed by atoms with Gasteiger partial charge in [-0.15, -0.1) is 0 Å². The summed E-state index contributed by atoms with van der Waals surface area (Å²) in [5, 5.41) is 29.5. The normalized spacial score (nSPS) is 17.3. The Morgan fingerprint density at radius 3 is 2.53 bits per heavy atom. The number of carbonyl (C=O) groups is 1. The largest absolute Gasteiger partial charge is 0.392 e. The van der Waals surface area contributed by atoms with Crippen LogP contribution < -0.4 is 0 Å². The summed E-state index contributed by atoms with van der Waals surface area (Å²) in [7, 11) is 0. The van der Waals surface area contributed by atoms with Crippen molar-refractivity contribution < 1.29 is 20.1 Å². The van der Waals surface area contributed by atoms with Crippen LogP contribution in [-0.2, 0) is 4.79 Å². The third-order valence-electron chi connectivity index (χ3n) is 3.33. The molecular formula is C15H22O4. The number of carbonyl (C=O) groups excluding carboxylic acids is 1. The van der Waals surface area contributed by atoms with Crippen molar-refractivity contribution in [3.63, 3.8) is 0 Å². The number of allylic oxidation sites excluding steroid dienone is 3. The zero-order chi connectivity index (χ0) is 14.6. The molecule has 1 rings (SSSR count). The molecule has 0 saturated carbocycles. The Bertz CT molecular complexity index is 441. The Labute approximate surface area is 113 Å². The predicted molar refractivity (Wildman–Crippen MR) is 73.3 cm³/mol. The van der Waals surface area contributed by atoms with E-state index in [1.165, 1.54) is 0 Å². The van der Waals surface area contributed by atoms with Crippen molar-refractivity contribution in [1.82, 2.24) is 0 Å². The number of aliphatic hydroxyl groups is 3. The Morgan fingerprint density at radius 2 is 2.05 bits per heavy atom. The van der Waals surface area contributed by atoms with E-state index in [1.807, 2.05) is 6.92 Å². The van der Waals surface area contributed by atoms with Crippen LogP contribution >= 0.6 is 0 Å². The first-order chi connectivity index (χ1) is 8.83. The van der Waals surface area contributed by atoms with Crippen molar-refractivity contribution in [3.8, 4) is 0 Å². The molecule has 0 fully saturated rings. The molecule has 4 heteroatoms. The average Bonchev–Trinajstić information content (AvgIpc) is 2.48. The molecule has 0 radical (unpaired) electrons. The fourth-order valence-electron chi connectivity index (χ4n) is 2.26. The molecule has 0 spiro atoms. The summed E-state index contributed by atoms with van der Waals surface area (Å²) in [6.07, 6.45) is 2.88. The van der Waals surface area contributed by atoms with E-state index in [1.54, 1.807) is 13.0 Å². The van der Waals surface area contributed by atoms with Gasteiger partial charge >= 0.3 is 0 Å². The van der Waals surface area contributed by atoms with Crippen LogP contribution in [0.2, 0.25) is 0 Å². The molecule has 0 aromatic rings. The molecule has 0 atom stereocenters. The quantitative estimate of drug-likeness (QED) is 0.661. The maximum Gasteiger partial charge on any atom is 0.185 e. The van der Waals surface area contributed by atoms with Gasteiger partial charge in [-0.2, -0.15) is 0 Å². The second-order valence-electron chi connectivity index (χ2n) is 4.99. The third-order valence-corrected chi connectivity index (χ3v) is 3.33. The summed E-state index contributed by atoms with van der Waals surface area (Å²) in [4.78, 5) is 11.9. The van der Waals surface area contributed by atoms with E-state index in [2.05, 4.69) is 6.58 Å². The Kier molecular flexibility index (Phi) is 5.23. The van der Waals surface area contributed by atoms with Crippen LogP contribution in [0, 0.1) is 0 Å². The monoisotopic (exact) mass is 266 g/mol. The number of Topliss-reactive ketones (excluding diaryl/α,β-unsaturated/α-hetero) is 1. The molecule has 0 aromatic heterocycles. The fraction of sp³-hybridized carbons (Fsp3) is 0.533. The van der Waals surface area contributed by atoms with Gasteiger partial charge in [0.2, 0.25) is 0 Å². The molecule has 0 aromatic carbocycles. The molecule has 19 heavy (non-hydrogen) atoms. The van der Waals surface area contributed by atoms with E-state index in [-0.39, 0.29) is 31.7 Å². The molecule has 0 bridgehead atoms. The third kappa shape index (κ3) is 3.62. The summed E-state index contributed by atoms with van der Waals surface area (Å²) < 4.78 is 0. The predicted octanol–water partition coefficient (Wildman–Crippen LogP) is 1.62. The van der Waals surface area contributed by atoms with Crippen LogP contribution in [-0.4, -0.2) is 33.5 Å².